The number of carboxylic acid groups (broad SMARTS) is 1. The minimum Gasteiger partial charge on any atom is -0.480 e. The van der Waals surface area contributed by atoms with E-state index in [1.54, 1.807) is 0 Å². The molecule has 1 unspecified atom stereocenters. The zero-order valence-electron chi connectivity index (χ0n) is 9.77. The highest BCUT2D eigenvalue weighted by Crippen LogP contribution is 2.16. The molecule has 18 heavy (non-hydrogen) atoms. The number of ether oxygens (including phenoxy) is 1. The lowest BCUT2D eigenvalue weighted by Crippen LogP contribution is -2.29. The quantitative estimate of drug-likeness (QED) is 0.787. The molecule has 1 aromatic heterocycles. The van der Waals surface area contributed by atoms with Crippen molar-refractivity contribution in [1.29, 1.82) is 0 Å². The number of carbonyl (C=O) groups is 1. The fourth-order valence-electron chi connectivity index (χ4n) is 1.36. The van der Waals surface area contributed by atoms with Gasteiger partial charge in [0.05, 0.1) is 6.20 Å². The van der Waals surface area contributed by atoms with Gasteiger partial charge in [-0.05, 0) is 18.6 Å². The molecule has 1 aromatic rings. The lowest BCUT2D eigenvalue weighted by molar-refractivity contribution is -0.138. The normalized spacial score (nSPS) is 12.2. The van der Waals surface area contributed by atoms with Crippen LogP contribution in [0.25, 0.3) is 0 Å². The monoisotopic (exact) mass is 260 g/mol. The molecule has 0 saturated carbocycles. The van der Waals surface area contributed by atoms with Crippen molar-refractivity contribution in [2.45, 2.75) is 32.4 Å². The standard InChI is InChI=1S/C11H14F2N2O3/c1-2-3-8(10(16)17)15-9-5-4-7(6-14-9)18-11(12)13/h4-6,8,11H,2-3H2,1H3,(H,14,15)(H,16,17). The van der Waals surface area contributed by atoms with Gasteiger partial charge in [-0.2, -0.15) is 8.78 Å². The topological polar surface area (TPSA) is 71.5 Å². The second-order valence-corrected chi connectivity index (χ2v) is 3.58. The van der Waals surface area contributed by atoms with Gasteiger partial charge >= 0.3 is 12.6 Å². The first-order chi connectivity index (χ1) is 8.52. The fraction of sp³-hybridized carbons (Fsp3) is 0.455. The highest BCUT2D eigenvalue weighted by atomic mass is 19.3. The summed E-state index contributed by atoms with van der Waals surface area (Å²) in [7, 11) is 0. The molecule has 0 spiro atoms. The predicted molar refractivity (Wildman–Crippen MR) is 60.8 cm³/mol. The van der Waals surface area contributed by atoms with Gasteiger partial charge in [-0.3, -0.25) is 0 Å². The molecule has 1 heterocycles. The van der Waals surface area contributed by atoms with Gasteiger partial charge in [0.2, 0.25) is 0 Å². The molecular formula is C11H14F2N2O3. The molecule has 0 aliphatic carbocycles. The average molecular weight is 260 g/mol. The van der Waals surface area contributed by atoms with Crippen molar-refractivity contribution in [3.63, 3.8) is 0 Å². The number of alkyl halides is 2. The summed E-state index contributed by atoms with van der Waals surface area (Å²) >= 11 is 0. The number of pyridine rings is 1. The van der Waals surface area contributed by atoms with E-state index in [1.165, 1.54) is 12.1 Å². The Morgan fingerprint density at radius 3 is 2.72 bits per heavy atom. The van der Waals surface area contributed by atoms with Crippen molar-refractivity contribution in [3.8, 4) is 5.75 Å². The Morgan fingerprint density at radius 2 is 2.28 bits per heavy atom. The summed E-state index contributed by atoms with van der Waals surface area (Å²) in [5.41, 5.74) is 0. The van der Waals surface area contributed by atoms with E-state index in [-0.39, 0.29) is 5.75 Å². The number of anilines is 1. The van der Waals surface area contributed by atoms with Crippen molar-refractivity contribution >= 4 is 11.8 Å². The van der Waals surface area contributed by atoms with Crippen molar-refractivity contribution < 1.29 is 23.4 Å². The van der Waals surface area contributed by atoms with Crippen LogP contribution in [0.2, 0.25) is 0 Å². The van der Waals surface area contributed by atoms with Crippen molar-refractivity contribution in [2.24, 2.45) is 0 Å². The van der Waals surface area contributed by atoms with Crippen molar-refractivity contribution in [2.75, 3.05) is 5.32 Å². The maximum Gasteiger partial charge on any atom is 0.387 e. The number of nitrogens with one attached hydrogen (secondary N) is 1. The zero-order valence-corrected chi connectivity index (χ0v) is 9.77. The Bertz CT molecular complexity index is 384. The number of halogens is 2. The summed E-state index contributed by atoms with van der Waals surface area (Å²) < 4.78 is 27.9. The lowest BCUT2D eigenvalue weighted by atomic mass is 10.2. The molecular weight excluding hydrogens is 246 g/mol. The van der Waals surface area contributed by atoms with Crippen LogP contribution in [0.5, 0.6) is 5.75 Å². The molecule has 0 amide bonds. The molecule has 0 saturated heterocycles. The molecule has 7 heteroatoms. The molecule has 2 N–H and O–H groups in total. The van der Waals surface area contributed by atoms with Gasteiger partial charge in [0.15, 0.2) is 0 Å². The highest BCUT2D eigenvalue weighted by molar-refractivity contribution is 5.76. The highest BCUT2D eigenvalue weighted by Gasteiger charge is 2.16. The van der Waals surface area contributed by atoms with Crippen molar-refractivity contribution in [1.82, 2.24) is 4.98 Å². The number of aliphatic carboxylic acids is 1. The molecule has 1 atom stereocenters. The number of aromatic nitrogens is 1. The molecule has 100 valence electrons. The first-order valence-corrected chi connectivity index (χ1v) is 5.43. The minimum absolute atomic E-state index is 0.0714. The van der Waals surface area contributed by atoms with E-state index in [0.29, 0.717) is 18.7 Å². The number of rotatable bonds is 7. The second-order valence-electron chi connectivity index (χ2n) is 3.58. The molecule has 1 rings (SSSR count). The Labute approximate surface area is 103 Å². The smallest absolute Gasteiger partial charge is 0.387 e. The Morgan fingerprint density at radius 1 is 1.56 bits per heavy atom. The van der Waals surface area contributed by atoms with Gasteiger partial charge < -0.3 is 15.2 Å². The SMILES string of the molecule is CCCC(Nc1ccc(OC(F)F)cn1)C(=O)O. The van der Waals surface area contributed by atoms with Crippen LogP contribution >= 0.6 is 0 Å². The molecule has 0 aromatic carbocycles. The summed E-state index contributed by atoms with van der Waals surface area (Å²) in [5.74, 6) is -0.748. The lowest BCUT2D eigenvalue weighted by Gasteiger charge is -2.14. The maximum atomic E-state index is 11.9. The first-order valence-electron chi connectivity index (χ1n) is 5.43. The molecule has 0 aliphatic rings. The molecule has 5 nitrogen and oxygen atoms in total. The molecule has 0 fully saturated rings. The van der Waals surface area contributed by atoms with E-state index >= 15 is 0 Å². The largest absolute Gasteiger partial charge is 0.480 e. The van der Waals surface area contributed by atoms with Gasteiger partial charge in [-0.25, -0.2) is 9.78 Å². The van der Waals surface area contributed by atoms with Gasteiger partial charge in [-0.1, -0.05) is 13.3 Å². The number of hydrogen-bond donors (Lipinski definition) is 2. The van der Waals surface area contributed by atoms with E-state index in [2.05, 4.69) is 15.0 Å². The van der Waals surface area contributed by atoms with Crippen LogP contribution in [0.1, 0.15) is 19.8 Å². The van der Waals surface area contributed by atoms with E-state index in [0.717, 1.165) is 6.20 Å². The average Bonchev–Trinajstić information content (AvgIpc) is 2.30. The van der Waals surface area contributed by atoms with E-state index in [4.69, 9.17) is 5.11 Å². The van der Waals surface area contributed by atoms with Crippen molar-refractivity contribution in [3.05, 3.63) is 18.3 Å². The number of nitrogens with zero attached hydrogens (tertiary/aromatic N) is 1. The molecule has 0 radical (unpaired) electrons. The van der Waals surface area contributed by atoms with Gasteiger partial charge in [-0.15, -0.1) is 0 Å². The number of carboxylic acids is 1. The third-order valence-electron chi connectivity index (χ3n) is 2.16. The fourth-order valence-corrected chi connectivity index (χ4v) is 1.36. The Kier molecular flexibility index (Phi) is 5.29. The molecule has 0 bridgehead atoms. The van der Waals surface area contributed by atoms with E-state index in [1.807, 2.05) is 6.92 Å². The summed E-state index contributed by atoms with van der Waals surface area (Å²) in [6.07, 6.45) is 2.27. The van der Waals surface area contributed by atoms with Crippen LogP contribution in [-0.2, 0) is 4.79 Å². The van der Waals surface area contributed by atoms with Crippen LogP contribution in [0.3, 0.4) is 0 Å². The summed E-state index contributed by atoms with van der Waals surface area (Å²) in [5, 5.41) is 11.6. The third-order valence-corrected chi connectivity index (χ3v) is 2.16. The number of hydrogen-bond acceptors (Lipinski definition) is 4. The van der Waals surface area contributed by atoms with Crippen LogP contribution < -0.4 is 10.1 Å². The van der Waals surface area contributed by atoms with E-state index < -0.39 is 18.6 Å². The predicted octanol–water partition coefficient (Wildman–Crippen LogP) is 2.35. The molecule has 0 aliphatic heterocycles. The summed E-state index contributed by atoms with van der Waals surface area (Å²) in [6.45, 7) is -1.04. The van der Waals surface area contributed by atoms with Crippen LogP contribution in [0.15, 0.2) is 18.3 Å². The van der Waals surface area contributed by atoms with Gasteiger partial charge in [0.25, 0.3) is 0 Å². The van der Waals surface area contributed by atoms with E-state index in [9.17, 15) is 13.6 Å². The maximum absolute atomic E-state index is 11.9. The van der Waals surface area contributed by atoms with Crippen LogP contribution in [-0.4, -0.2) is 28.7 Å². The van der Waals surface area contributed by atoms with Gasteiger partial charge in [0, 0.05) is 0 Å². The minimum atomic E-state index is -2.91. The summed E-state index contributed by atoms with van der Waals surface area (Å²) in [6, 6.07) is 1.94. The van der Waals surface area contributed by atoms with Crippen LogP contribution in [0.4, 0.5) is 14.6 Å². The first kappa shape index (κ1) is 14.1. The summed E-state index contributed by atoms with van der Waals surface area (Å²) in [4.78, 5) is 14.7. The van der Waals surface area contributed by atoms with Gasteiger partial charge in [0.1, 0.15) is 17.6 Å². The third kappa shape index (κ3) is 4.52. The Hall–Kier alpha value is -1.92. The zero-order chi connectivity index (χ0) is 13.5. The Balaban J connectivity index is 2.64. The second kappa shape index (κ2) is 6.73. The van der Waals surface area contributed by atoms with Crippen LogP contribution in [0, 0.1) is 0 Å².